The monoisotopic (exact) mass is 407 g/mol. The average molecular weight is 408 g/mol. The van der Waals surface area contributed by atoms with Gasteiger partial charge in [0.25, 0.3) is 0 Å². The van der Waals surface area contributed by atoms with Crippen molar-refractivity contribution in [3.63, 3.8) is 0 Å². The van der Waals surface area contributed by atoms with Crippen LogP contribution in [0.5, 0.6) is 0 Å². The Kier molecular flexibility index (Phi) is 7.70. The molecule has 0 radical (unpaired) electrons. The third kappa shape index (κ3) is 7.38. The topological polar surface area (TPSA) is 47.6 Å². The van der Waals surface area contributed by atoms with Crippen molar-refractivity contribution >= 4 is 5.91 Å². The molecule has 0 atom stereocenters. The van der Waals surface area contributed by atoms with E-state index < -0.39 is 0 Å². The van der Waals surface area contributed by atoms with Crippen molar-refractivity contribution in [2.45, 2.75) is 95.9 Å². The minimum Gasteiger partial charge on any atom is -0.490 e. The van der Waals surface area contributed by atoms with Gasteiger partial charge in [0.15, 0.2) is 0 Å². The maximum atomic E-state index is 11.4. The Morgan fingerprint density at radius 2 is 1.03 bits per heavy atom. The number of hydrogen-bond acceptors (Lipinski definition) is 3. The highest BCUT2D eigenvalue weighted by Gasteiger charge is 2.34. The normalized spacial score (nSPS) is 19.1. The molecule has 4 heteroatoms. The molecule has 2 aliphatic heterocycles. The molecule has 0 bridgehead atoms. The van der Waals surface area contributed by atoms with Crippen LogP contribution in [0.1, 0.15) is 95.9 Å². The van der Waals surface area contributed by atoms with E-state index >= 15 is 0 Å². The second-order valence-corrected chi connectivity index (χ2v) is 12.3. The third-order valence-electron chi connectivity index (χ3n) is 4.97. The Bertz CT molecular complexity index is 630. The van der Waals surface area contributed by atoms with Crippen LogP contribution >= 0.6 is 0 Å². The second kappa shape index (κ2) is 8.73. The first-order valence-electron chi connectivity index (χ1n) is 10.9. The molecular formula is C25H45NO3. The molecule has 0 aromatic rings. The number of carbonyl (C=O) groups excluding carboxylic acids is 1. The minimum absolute atomic E-state index is 0.0265. The van der Waals surface area contributed by atoms with Gasteiger partial charge < -0.3 is 14.8 Å². The van der Waals surface area contributed by atoms with Gasteiger partial charge in [-0.2, -0.15) is 0 Å². The van der Waals surface area contributed by atoms with Gasteiger partial charge in [-0.15, -0.1) is 0 Å². The fourth-order valence-corrected chi connectivity index (χ4v) is 3.56. The first-order valence-corrected chi connectivity index (χ1v) is 10.9. The molecule has 0 spiro atoms. The van der Waals surface area contributed by atoms with E-state index in [1.165, 1.54) is 5.57 Å². The number of hydrogen-bond donors (Lipinski definition) is 1. The Labute approximate surface area is 179 Å². The van der Waals surface area contributed by atoms with Gasteiger partial charge >= 0.3 is 0 Å². The average Bonchev–Trinajstić information content (AvgIpc) is 2.52. The quantitative estimate of drug-likeness (QED) is 0.493. The van der Waals surface area contributed by atoms with E-state index in [4.69, 9.17) is 9.47 Å². The van der Waals surface area contributed by atoms with E-state index in [1.54, 1.807) is 0 Å². The molecule has 4 nitrogen and oxygen atoms in total. The van der Waals surface area contributed by atoms with Crippen LogP contribution in [0.25, 0.3) is 0 Å². The van der Waals surface area contributed by atoms with Crippen molar-refractivity contribution in [1.29, 1.82) is 0 Å². The molecule has 168 valence electrons. The molecule has 0 saturated carbocycles. The van der Waals surface area contributed by atoms with Crippen LogP contribution in [0.4, 0.5) is 0 Å². The molecule has 0 unspecified atom stereocenters. The fourth-order valence-electron chi connectivity index (χ4n) is 3.56. The number of carbonyl (C=O) groups is 1. The second-order valence-electron chi connectivity index (χ2n) is 12.3. The summed E-state index contributed by atoms with van der Waals surface area (Å²) in [5.74, 6) is 2.18. The summed E-state index contributed by atoms with van der Waals surface area (Å²) < 4.78 is 11.5. The van der Waals surface area contributed by atoms with Crippen molar-refractivity contribution < 1.29 is 14.3 Å². The molecule has 0 aromatic heterocycles. The fraction of sp³-hybridized carbons (Fsp3) is 0.800. The van der Waals surface area contributed by atoms with Gasteiger partial charge in [-0.25, -0.2) is 0 Å². The molecular weight excluding hydrogens is 362 g/mol. The minimum atomic E-state index is 0.0265. The highest BCUT2D eigenvalue weighted by molar-refractivity contribution is 5.80. The lowest BCUT2D eigenvalue weighted by molar-refractivity contribution is -0.121. The maximum absolute atomic E-state index is 11.4. The van der Waals surface area contributed by atoms with Gasteiger partial charge in [-0.1, -0.05) is 83.1 Å². The molecule has 2 heterocycles. The molecule has 0 aliphatic carbocycles. The lowest BCUT2D eigenvalue weighted by atomic mass is 9.75. The van der Waals surface area contributed by atoms with E-state index in [0.717, 1.165) is 23.6 Å². The predicted octanol–water partition coefficient (Wildman–Crippen LogP) is 6.58. The third-order valence-corrected chi connectivity index (χ3v) is 4.97. The number of rotatable bonds is 0. The summed E-state index contributed by atoms with van der Waals surface area (Å²) in [6.45, 7) is 27.4. The van der Waals surface area contributed by atoms with E-state index in [9.17, 15) is 4.79 Å². The highest BCUT2D eigenvalue weighted by Crippen LogP contribution is 2.40. The Hall–Kier alpha value is -1.45. The van der Waals surface area contributed by atoms with Crippen molar-refractivity contribution in [2.75, 3.05) is 13.2 Å². The molecule has 29 heavy (non-hydrogen) atoms. The van der Waals surface area contributed by atoms with Crippen LogP contribution in [-0.4, -0.2) is 19.1 Å². The molecule has 0 fully saturated rings. The predicted molar refractivity (Wildman–Crippen MR) is 121 cm³/mol. The zero-order valence-corrected chi connectivity index (χ0v) is 21.1. The number of allylic oxidation sites excluding steroid dienone is 4. The van der Waals surface area contributed by atoms with Gasteiger partial charge in [0.05, 0.1) is 0 Å². The summed E-state index contributed by atoms with van der Waals surface area (Å²) in [4.78, 5) is 11.4. The van der Waals surface area contributed by atoms with E-state index in [-0.39, 0.29) is 27.6 Å². The Morgan fingerprint density at radius 1 is 0.621 bits per heavy atom. The van der Waals surface area contributed by atoms with Crippen LogP contribution in [0.2, 0.25) is 0 Å². The largest absolute Gasteiger partial charge is 0.490 e. The van der Waals surface area contributed by atoms with Crippen LogP contribution in [0, 0.1) is 21.7 Å². The summed E-state index contributed by atoms with van der Waals surface area (Å²) in [5.41, 5.74) is 2.77. The van der Waals surface area contributed by atoms with Gasteiger partial charge in [0.2, 0.25) is 5.91 Å². The van der Waals surface area contributed by atoms with Crippen LogP contribution in [0.15, 0.2) is 22.8 Å². The van der Waals surface area contributed by atoms with E-state index in [2.05, 4.69) is 88.4 Å². The Balaban J connectivity index is 0.000000291. The molecule has 2 aliphatic rings. The van der Waals surface area contributed by atoms with Gasteiger partial charge in [0.1, 0.15) is 24.7 Å². The summed E-state index contributed by atoms with van der Waals surface area (Å²) in [6, 6.07) is 0. The van der Waals surface area contributed by atoms with Gasteiger partial charge in [-0.05, 0) is 17.4 Å². The van der Waals surface area contributed by atoms with Crippen molar-refractivity contribution in [1.82, 2.24) is 5.32 Å². The summed E-state index contributed by atoms with van der Waals surface area (Å²) >= 11 is 0. The summed E-state index contributed by atoms with van der Waals surface area (Å²) in [5, 5.41) is 3.05. The first-order chi connectivity index (χ1) is 12.8. The zero-order chi connectivity index (χ0) is 22.8. The van der Waals surface area contributed by atoms with Gasteiger partial charge in [-0.3, -0.25) is 4.79 Å². The molecule has 1 N–H and O–H groups in total. The number of amides is 1. The van der Waals surface area contributed by atoms with Crippen LogP contribution in [-0.2, 0) is 14.3 Å². The lowest BCUT2D eigenvalue weighted by Gasteiger charge is -2.36. The smallest absolute Gasteiger partial charge is 0.224 e. The van der Waals surface area contributed by atoms with E-state index in [0.29, 0.717) is 19.6 Å². The SMILES string of the molecule is CC(C)(C)C1=C(C(C)(C)C)NC(=O)CC1.CC(C)(C)C1=C(C(C)(C)C)OCCO1. The molecule has 2 rings (SSSR count). The first kappa shape index (κ1) is 25.6. The number of nitrogens with one attached hydrogen (secondary N) is 1. The molecule has 1 amide bonds. The van der Waals surface area contributed by atoms with Crippen molar-refractivity contribution in [3.8, 4) is 0 Å². The highest BCUT2D eigenvalue weighted by atomic mass is 16.6. The molecule has 0 aromatic carbocycles. The standard InChI is InChI=1S/C13H23NO.C12H22O2/c1-12(2,3)9-7-8-10(15)14-11(9)13(4,5)6;1-11(2,3)9-10(12(4,5)6)14-8-7-13-9/h7-8H2,1-6H3,(H,14,15);7-8H2,1-6H3. The van der Waals surface area contributed by atoms with Crippen LogP contribution < -0.4 is 5.32 Å². The summed E-state index contributed by atoms with van der Waals surface area (Å²) in [7, 11) is 0. The van der Waals surface area contributed by atoms with E-state index in [1.807, 2.05) is 0 Å². The van der Waals surface area contributed by atoms with Crippen molar-refractivity contribution in [3.05, 3.63) is 22.8 Å². The lowest BCUT2D eigenvalue weighted by Crippen LogP contribution is -2.37. The van der Waals surface area contributed by atoms with Crippen molar-refractivity contribution in [2.24, 2.45) is 21.7 Å². The van der Waals surface area contributed by atoms with Crippen LogP contribution in [0.3, 0.4) is 0 Å². The molecule has 0 saturated heterocycles. The Morgan fingerprint density at radius 3 is 1.34 bits per heavy atom. The van der Waals surface area contributed by atoms with Gasteiger partial charge in [0, 0.05) is 28.4 Å². The summed E-state index contributed by atoms with van der Waals surface area (Å²) in [6.07, 6.45) is 1.54. The number of ether oxygens (including phenoxy) is 2. The zero-order valence-electron chi connectivity index (χ0n) is 21.1. The maximum Gasteiger partial charge on any atom is 0.224 e.